The molecule has 1 aromatic carbocycles. The van der Waals surface area contributed by atoms with Crippen molar-refractivity contribution in [3.63, 3.8) is 0 Å². The van der Waals surface area contributed by atoms with Crippen molar-refractivity contribution in [1.29, 1.82) is 0 Å². The lowest BCUT2D eigenvalue weighted by Crippen LogP contribution is -2.34. The Kier molecular flexibility index (Phi) is 4.52. The fourth-order valence-corrected chi connectivity index (χ4v) is 3.36. The van der Waals surface area contributed by atoms with E-state index in [-0.39, 0.29) is 10.9 Å². The minimum Gasteiger partial charge on any atom is -0.469 e. The predicted octanol–water partition coefficient (Wildman–Crippen LogP) is 3.15. The number of nitrogens with one attached hydrogen (secondary N) is 1. The lowest BCUT2D eigenvalue weighted by Gasteiger charge is -2.13. The SMILES string of the molecule is Cc1ccc(S(=O)(=O)NC(C)Cc2ccco2)cc1Cl. The summed E-state index contributed by atoms with van der Waals surface area (Å²) in [5.41, 5.74) is 0.842. The molecule has 6 heteroatoms. The number of hydrogen-bond donors (Lipinski definition) is 1. The van der Waals surface area contributed by atoms with Gasteiger partial charge in [-0.05, 0) is 43.7 Å². The molecular weight excluding hydrogens is 298 g/mol. The molecule has 0 aliphatic rings. The number of hydrogen-bond acceptors (Lipinski definition) is 3. The van der Waals surface area contributed by atoms with Crippen molar-refractivity contribution >= 4 is 21.6 Å². The Morgan fingerprint density at radius 2 is 2.10 bits per heavy atom. The summed E-state index contributed by atoms with van der Waals surface area (Å²) in [7, 11) is -3.58. The van der Waals surface area contributed by atoms with Gasteiger partial charge in [-0.25, -0.2) is 13.1 Å². The first-order valence-corrected chi connectivity index (χ1v) is 8.05. The van der Waals surface area contributed by atoms with Crippen molar-refractivity contribution in [3.8, 4) is 0 Å². The van der Waals surface area contributed by atoms with Crippen LogP contribution in [0.5, 0.6) is 0 Å². The molecule has 20 heavy (non-hydrogen) atoms. The van der Waals surface area contributed by atoms with E-state index in [1.807, 2.05) is 13.0 Å². The van der Waals surface area contributed by atoms with Gasteiger partial charge in [0.2, 0.25) is 10.0 Å². The normalized spacial score (nSPS) is 13.3. The van der Waals surface area contributed by atoms with Crippen molar-refractivity contribution in [1.82, 2.24) is 4.72 Å². The second-order valence-electron chi connectivity index (χ2n) is 4.72. The highest BCUT2D eigenvalue weighted by Crippen LogP contribution is 2.20. The fraction of sp³-hybridized carbons (Fsp3) is 0.286. The summed E-state index contributed by atoms with van der Waals surface area (Å²) in [6.07, 6.45) is 2.06. The Balaban J connectivity index is 2.12. The highest BCUT2D eigenvalue weighted by atomic mass is 35.5. The van der Waals surface area contributed by atoms with Gasteiger partial charge in [-0.3, -0.25) is 0 Å². The van der Waals surface area contributed by atoms with Crippen molar-refractivity contribution in [2.75, 3.05) is 0 Å². The maximum absolute atomic E-state index is 12.2. The van der Waals surface area contributed by atoms with Crippen LogP contribution in [-0.4, -0.2) is 14.5 Å². The van der Waals surface area contributed by atoms with E-state index < -0.39 is 10.0 Å². The van der Waals surface area contributed by atoms with Crippen molar-refractivity contribution < 1.29 is 12.8 Å². The van der Waals surface area contributed by atoms with Gasteiger partial charge in [-0.1, -0.05) is 17.7 Å². The van der Waals surface area contributed by atoms with Gasteiger partial charge >= 0.3 is 0 Å². The van der Waals surface area contributed by atoms with Crippen LogP contribution >= 0.6 is 11.6 Å². The molecule has 2 aromatic rings. The van der Waals surface area contributed by atoms with Crippen LogP contribution in [0.15, 0.2) is 45.9 Å². The van der Waals surface area contributed by atoms with Gasteiger partial charge in [0.1, 0.15) is 5.76 Å². The molecule has 2 rings (SSSR count). The Bertz CT molecular complexity index is 680. The van der Waals surface area contributed by atoms with Crippen LogP contribution in [0, 0.1) is 6.92 Å². The van der Waals surface area contributed by atoms with Crippen LogP contribution in [0.3, 0.4) is 0 Å². The molecule has 0 fully saturated rings. The number of furan rings is 1. The Hall–Kier alpha value is -1.30. The minimum atomic E-state index is -3.58. The molecule has 0 radical (unpaired) electrons. The Labute approximate surface area is 123 Å². The molecule has 4 nitrogen and oxygen atoms in total. The number of rotatable bonds is 5. The van der Waals surface area contributed by atoms with E-state index in [0.717, 1.165) is 11.3 Å². The highest BCUT2D eigenvalue weighted by molar-refractivity contribution is 7.89. The maximum atomic E-state index is 12.2. The first kappa shape index (κ1) is 15.1. The van der Waals surface area contributed by atoms with E-state index >= 15 is 0 Å². The molecule has 0 aliphatic heterocycles. The zero-order chi connectivity index (χ0) is 14.8. The molecule has 0 saturated carbocycles. The molecule has 1 aromatic heterocycles. The summed E-state index contributed by atoms with van der Waals surface area (Å²) in [5.74, 6) is 0.738. The Morgan fingerprint density at radius 1 is 1.35 bits per heavy atom. The lowest BCUT2D eigenvalue weighted by molar-refractivity contribution is 0.479. The van der Waals surface area contributed by atoms with Gasteiger partial charge in [0, 0.05) is 17.5 Å². The van der Waals surface area contributed by atoms with Crippen LogP contribution in [0.4, 0.5) is 0 Å². The third-order valence-corrected chi connectivity index (χ3v) is 4.89. The van der Waals surface area contributed by atoms with Crippen LogP contribution in [-0.2, 0) is 16.4 Å². The van der Waals surface area contributed by atoms with E-state index in [1.54, 1.807) is 31.4 Å². The Morgan fingerprint density at radius 3 is 2.70 bits per heavy atom. The standard InChI is InChI=1S/C14H16ClNO3S/c1-10-5-6-13(9-14(10)15)20(17,18)16-11(2)8-12-4-3-7-19-12/h3-7,9,11,16H,8H2,1-2H3. The zero-order valence-corrected chi connectivity index (χ0v) is 12.8. The summed E-state index contributed by atoms with van der Waals surface area (Å²) in [4.78, 5) is 0.166. The largest absolute Gasteiger partial charge is 0.469 e. The smallest absolute Gasteiger partial charge is 0.240 e. The third-order valence-electron chi connectivity index (χ3n) is 2.90. The lowest BCUT2D eigenvalue weighted by atomic mass is 10.2. The van der Waals surface area contributed by atoms with Crippen LogP contribution in [0.2, 0.25) is 5.02 Å². The number of sulfonamides is 1. The van der Waals surface area contributed by atoms with E-state index in [1.165, 1.54) is 6.07 Å². The molecule has 1 heterocycles. The quantitative estimate of drug-likeness (QED) is 0.922. The van der Waals surface area contributed by atoms with Gasteiger partial charge in [0.05, 0.1) is 11.2 Å². The molecule has 0 bridgehead atoms. The first-order chi connectivity index (χ1) is 9.38. The van der Waals surface area contributed by atoms with E-state index in [4.69, 9.17) is 16.0 Å². The second-order valence-corrected chi connectivity index (χ2v) is 6.84. The molecule has 0 aliphatic carbocycles. The fourth-order valence-electron chi connectivity index (χ4n) is 1.85. The average molecular weight is 314 g/mol. The number of benzene rings is 1. The van der Waals surface area contributed by atoms with Gasteiger partial charge in [0.15, 0.2) is 0 Å². The van der Waals surface area contributed by atoms with Gasteiger partial charge < -0.3 is 4.42 Å². The van der Waals surface area contributed by atoms with Crippen LogP contribution in [0.25, 0.3) is 0 Å². The van der Waals surface area contributed by atoms with E-state index in [2.05, 4.69) is 4.72 Å². The molecule has 1 N–H and O–H groups in total. The summed E-state index contributed by atoms with van der Waals surface area (Å²) in [6.45, 7) is 3.61. The monoisotopic (exact) mass is 313 g/mol. The summed E-state index contributed by atoms with van der Waals surface area (Å²) < 4.78 is 32.3. The van der Waals surface area contributed by atoms with Crippen molar-refractivity contribution in [2.45, 2.75) is 31.2 Å². The van der Waals surface area contributed by atoms with Crippen LogP contribution in [0.1, 0.15) is 18.2 Å². The molecule has 0 saturated heterocycles. The molecule has 0 spiro atoms. The molecule has 1 unspecified atom stereocenters. The number of aryl methyl sites for hydroxylation is 1. The van der Waals surface area contributed by atoms with Gasteiger partial charge in [0.25, 0.3) is 0 Å². The minimum absolute atomic E-state index is 0.166. The topological polar surface area (TPSA) is 59.3 Å². The van der Waals surface area contributed by atoms with Crippen molar-refractivity contribution in [2.24, 2.45) is 0 Å². The summed E-state index contributed by atoms with van der Waals surface area (Å²) in [6, 6.07) is 8.01. The molecule has 1 atom stereocenters. The summed E-state index contributed by atoms with van der Waals surface area (Å²) >= 11 is 5.96. The van der Waals surface area contributed by atoms with Gasteiger partial charge in [-0.2, -0.15) is 0 Å². The maximum Gasteiger partial charge on any atom is 0.240 e. The molecular formula is C14H16ClNO3S. The number of halogens is 1. The van der Waals surface area contributed by atoms with Crippen molar-refractivity contribution in [3.05, 3.63) is 52.9 Å². The van der Waals surface area contributed by atoms with Crippen LogP contribution < -0.4 is 4.72 Å². The first-order valence-electron chi connectivity index (χ1n) is 6.19. The zero-order valence-electron chi connectivity index (χ0n) is 11.3. The molecule has 108 valence electrons. The van der Waals surface area contributed by atoms with Gasteiger partial charge in [-0.15, -0.1) is 0 Å². The van der Waals surface area contributed by atoms with E-state index in [0.29, 0.717) is 11.4 Å². The highest BCUT2D eigenvalue weighted by Gasteiger charge is 2.18. The predicted molar refractivity (Wildman–Crippen MR) is 78.4 cm³/mol. The van der Waals surface area contributed by atoms with E-state index in [9.17, 15) is 8.42 Å². The second kappa shape index (κ2) is 5.99. The summed E-state index contributed by atoms with van der Waals surface area (Å²) in [5, 5.41) is 0.437. The third kappa shape index (κ3) is 3.62. The molecule has 0 amide bonds. The average Bonchev–Trinajstić information content (AvgIpc) is 2.84.